The van der Waals surface area contributed by atoms with Crippen LogP contribution in [0.3, 0.4) is 0 Å². The fourth-order valence-electron chi connectivity index (χ4n) is 2.55. The average Bonchev–Trinajstić information content (AvgIpc) is 2.61. The Balaban J connectivity index is 1.99. The van der Waals surface area contributed by atoms with Crippen molar-refractivity contribution >= 4 is 36.2 Å². The van der Waals surface area contributed by atoms with E-state index in [0.717, 1.165) is 15.7 Å². The van der Waals surface area contributed by atoms with Gasteiger partial charge in [0.05, 0.1) is 0 Å². The average molecular weight is 431 g/mol. The first-order valence-corrected chi connectivity index (χ1v) is 10.7. The summed E-state index contributed by atoms with van der Waals surface area (Å²) >= 11 is 5.06. The minimum absolute atomic E-state index is 0.0644. The van der Waals surface area contributed by atoms with Gasteiger partial charge in [0.25, 0.3) is 0 Å². The molecule has 3 aromatic rings. The maximum absolute atomic E-state index is 12.6. The van der Waals surface area contributed by atoms with Gasteiger partial charge in [0.1, 0.15) is 0 Å². The molecule has 0 spiro atoms. The van der Waals surface area contributed by atoms with Crippen LogP contribution >= 0.6 is 11.6 Å². The van der Waals surface area contributed by atoms with Crippen molar-refractivity contribution in [3.63, 3.8) is 0 Å². The van der Waals surface area contributed by atoms with Gasteiger partial charge in [-0.1, -0.05) is 0 Å². The second-order valence-electron chi connectivity index (χ2n) is 6.22. The molecule has 0 amide bonds. The van der Waals surface area contributed by atoms with Crippen LogP contribution in [-0.4, -0.2) is 25.3 Å². The third-order valence-corrected chi connectivity index (χ3v) is 6.91. The molecule has 0 aliphatic carbocycles. The van der Waals surface area contributed by atoms with Crippen LogP contribution in [0.2, 0.25) is 5.02 Å². The van der Waals surface area contributed by atoms with Crippen LogP contribution in [0.5, 0.6) is 11.6 Å². The molecule has 0 saturated carbocycles. The monoisotopic (exact) mass is 430 g/mol. The first-order valence-electron chi connectivity index (χ1n) is 8.20. The van der Waals surface area contributed by atoms with Gasteiger partial charge >= 0.3 is 165 Å². The van der Waals surface area contributed by atoms with Crippen LogP contribution in [-0.2, 0) is 7.05 Å². The van der Waals surface area contributed by atoms with Gasteiger partial charge < -0.3 is 0 Å². The standard InChI is InChI=1S/C20H20AsClN2O2/c1-12-5-10-17(13(2)11-12)26-19-14(3)24(4)20(25)18(23-19)21-15-6-8-16(22)9-7-15/h5-11,21H,1-4H3. The molecular weight excluding hydrogens is 411 g/mol. The Kier molecular flexibility index (Phi) is 5.55. The Morgan fingerprint density at radius 3 is 2.42 bits per heavy atom. The second kappa shape index (κ2) is 7.69. The summed E-state index contributed by atoms with van der Waals surface area (Å²) < 4.78 is 9.34. The summed E-state index contributed by atoms with van der Waals surface area (Å²) in [4.78, 5) is 17.2. The molecule has 2 aromatic carbocycles. The molecule has 26 heavy (non-hydrogen) atoms. The molecule has 134 valence electrons. The van der Waals surface area contributed by atoms with E-state index in [9.17, 15) is 4.79 Å². The molecule has 0 fully saturated rings. The first-order chi connectivity index (χ1) is 12.3. The second-order valence-corrected chi connectivity index (χ2v) is 9.38. The first kappa shape index (κ1) is 18.8. The number of hydrogen-bond acceptors (Lipinski definition) is 3. The Morgan fingerprint density at radius 2 is 1.77 bits per heavy atom. The number of nitrogens with zero attached hydrogens (tertiary/aromatic N) is 2. The summed E-state index contributed by atoms with van der Waals surface area (Å²) in [6.45, 7) is 5.89. The number of aryl methyl sites for hydroxylation is 2. The SMILES string of the molecule is Cc1ccc(Oc2nc([AsH]c3ccc(Cl)cc3)c(=O)n(C)c2C)c(C)c1. The van der Waals surface area contributed by atoms with Crippen LogP contribution in [0.1, 0.15) is 16.8 Å². The molecule has 0 bridgehead atoms. The molecule has 3 rings (SSSR count). The normalized spacial score (nSPS) is 11.3. The van der Waals surface area contributed by atoms with Crippen LogP contribution in [0.25, 0.3) is 0 Å². The molecule has 1 atom stereocenters. The van der Waals surface area contributed by atoms with Crippen molar-refractivity contribution in [2.45, 2.75) is 20.8 Å². The summed E-state index contributed by atoms with van der Waals surface area (Å²) in [7, 11) is 1.76. The van der Waals surface area contributed by atoms with Gasteiger partial charge in [0, 0.05) is 0 Å². The van der Waals surface area contributed by atoms with E-state index < -0.39 is 15.8 Å². The summed E-state index contributed by atoms with van der Waals surface area (Å²) in [6.07, 6.45) is 0. The van der Waals surface area contributed by atoms with Gasteiger partial charge in [-0.25, -0.2) is 0 Å². The van der Waals surface area contributed by atoms with Crippen LogP contribution in [0, 0.1) is 20.8 Å². The third kappa shape index (κ3) is 4.03. The predicted molar refractivity (Wildman–Crippen MR) is 108 cm³/mol. The summed E-state index contributed by atoms with van der Waals surface area (Å²) in [5.41, 5.74) is 2.86. The van der Waals surface area contributed by atoms with Crippen molar-refractivity contribution < 1.29 is 4.74 Å². The Labute approximate surface area is 164 Å². The van der Waals surface area contributed by atoms with E-state index >= 15 is 0 Å². The Hall–Kier alpha value is -2.03. The van der Waals surface area contributed by atoms with E-state index in [1.807, 2.05) is 57.2 Å². The van der Waals surface area contributed by atoms with Crippen molar-refractivity contribution in [2.24, 2.45) is 7.05 Å². The molecule has 0 saturated heterocycles. The predicted octanol–water partition coefficient (Wildman–Crippen LogP) is 2.54. The minimum atomic E-state index is -0.881. The third-order valence-electron chi connectivity index (χ3n) is 4.18. The molecule has 1 heterocycles. The van der Waals surface area contributed by atoms with Gasteiger partial charge in [0.15, 0.2) is 0 Å². The zero-order valence-corrected chi connectivity index (χ0v) is 18.0. The molecule has 0 aliphatic heterocycles. The molecule has 4 nitrogen and oxygen atoms in total. The van der Waals surface area contributed by atoms with E-state index in [0.29, 0.717) is 21.1 Å². The van der Waals surface area contributed by atoms with Gasteiger partial charge in [-0.15, -0.1) is 0 Å². The Bertz CT molecular complexity index is 1010. The molecule has 0 radical (unpaired) electrons. The topological polar surface area (TPSA) is 44.1 Å². The van der Waals surface area contributed by atoms with Crippen molar-refractivity contribution in [3.05, 3.63) is 74.7 Å². The van der Waals surface area contributed by atoms with E-state index in [4.69, 9.17) is 16.3 Å². The summed E-state index contributed by atoms with van der Waals surface area (Å²) in [5, 5.41) is 0.684. The number of aromatic nitrogens is 2. The van der Waals surface area contributed by atoms with E-state index in [1.165, 1.54) is 5.56 Å². The quantitative estimate of drug-likeness (QED) is 0.598. The molecular formula is C20H20AsClN2O2. The summed E-state index contributed by atoms with van der Waals surface area (Å²) in [6, 6.07) is 13.6. The van der Waals surface area contributed by atoms with Crippen molar-refractivity contribution in [1.29, 1.82) is 0 Å². The fourth-order valence-corrected chi connectivity index (χ4v) is 4.86. The van der Waals surface area contributed by atoms with E-state index in [2.05, 4.69) is 11.1 Å². The molecule has 6 heteroatoms. The number of benzene rings is 2. The zero-order valence-electron chi connectivity index (χ0n) is 15.1. The van der Waals surface area contributed by atoms with Gasteiger partial charge in [-0.05, 0) is 0 Å². The number of rotatable bonds is 4. The summed E-state index contributed by atoms with van der Waals surface area (Å²) in [5.74, 6) is 1.23. The van der Waals surface area contributed by atoms with Crippen LogP contribution in [0.4, 0.5) is 0 Å². The maximum atomic E-state index is 12.6. The number of ether oxygens (including phenoxy) is 1. The number of hydrogen-bond donors (Lipinski definition) is 0. The van der Waals surface area contributed by atoms with E-state index in [-0.39, 0.29) is 5.56 Å². The fraction of sp³-hybridized carbons (Fsp3) is 0.200. The van der Waals surface area contributed by atoms with Crippen molar-refractivity contribution in [1.82, 2.24) is 9.55 Å². The van der Waals surface area contributed by atoms with Crippen LogP contribution < -0.4 is 19.1 Å². The Morgan fingerprint density at radius 1 is 1.08 bits per heavy atom. The molecule has 0 aliphatic rings. The van der Waals surface area contributed by atoms with Gasteiger partial charge in [-0.3, -0.25) is 0 Å². The zero-order chi connectivity index (χ0) is 18.8. The van der Waals surface area contributed by atoms with E-state index in [1.54, 1.807) is 11.6 Å². The molecule has 1 aromatic heterocycles. The molecule has 0 N–H and O–H groups in total. The van der Waals surface area contributed by atoms with Crippen LogP contribution in [0.15, 0.2) is 47.3 Å². The van der Waals surface area contributed by atoms with Crippen molar-refractivity contribution in [3.8, 4) is 11.6 Å². The number of halogens is 1. The molecule has 1 unspecified atom stereocenters. The van der Waals surface area contributed by atoms with Gasteiger partial charge in [-0.2, -0.15) is 0 Å². The van der Waals surface area contributed by atoms with Gasteiger partial charge in [0.2, 0.25) is 0 Å². The van der Waals surface area contributed by atoms with Crippen molar-refractivity contribution in [2.75, 3.05) is 0 Å².